The summed E-state index contributed by atoms with van der Waals surface area (Å²) in [5, 5.41) is 16.2. The van der Waals surface area contributed by atoms with Crippen LogP contribution in [0.25, 0.3) is 11.5 Å². The first-order valence-corrected chi connectivity index (χ1v) is 6.98. The number of aromatic nitrogens is 5. The third kappa shape index (κ3) is 2.87. The van der Waals surface area contributed by atoms with Gasteiger partial charge in [0.1, 0.15) is 5.82 Å². The molecule has 0 radical (unpaired) electrons. The molecule has 1 aromatic carbocycles. The average Bonchev–Trinajstić information content (AvgIpc) is 3.07. The van der Waals surface area contributed by atoms with Crippen LogP contribution in [0.15, 0.2) is 33.8 Å². The van der Waals surface area contributed by atoms with E-state index >= 15 is 0 Å². The summed E-state index contributed by atoms with van der Waals surface area (Å²) in [7, 11) is 1.77. The highest BCUT2D eigenvalue weighted by molar-refractivity contribution is 7.98. The summed E-state index contributed by atoms with van der Waals surface area (Å²) in [4.78, 5) is 0. The van der Waals surface area contributed by atoms with Gasteiger partial charge in [0.25, 0.3) is 0 Å². The van der Waals surface area contributed by atoms with Crippen molar-refractivity contribution in [3.8, 4) is 11.5 Å². The predicted molar refractivity (Wildman–Crippen MR) is 74.7 cm³/mol. The zero-order valence-corrected chi connectivity index (χ0v) is 11.8. The Morgan fingerprint density at radius 3 is 2.62 bits per heavy atom. The standard InChI is InChI=1S/C12H11FN6OS/c1-19-11(14)17-18-12(19)21-6-9-15-16-10(20-9)7-2-4-8(13)5-3-7/h2-5H,6H2,1H3,(H2,14,17). The molecule has 108 valence electrons. The van der Waals surface area contributed by atoms with Gasteiger partial charge in [-0.1, -0.05) is 11.8 Å². The second-order valence-electron chi connectivity index (χ2n) is 4.20. The van der Waals surface area contributed by atoms with E-state index in [-0.39, 0.29) is 5.82 Å². The fourth-order valence-corrected chi connectivity index (χ4v) is 2.35. The van der Waals surface area contributed by atoms with E-state index in [1.54, 1.807) is 23.7 Å². The first-order valence-electron chi connectivity index (χ1n) is 5.99. The topological polar surface area (TPSA) is 95.7 Å². The van der Waals surface area contributed by atoms with Crippen molar-refractivity contribution in [2.75, 3.05) is 5.73 Å². The maximum atomic E-state index is 12.9. The summed E-state index contributed by atoms with van der Waals surface area (Å²) in [5.41, 5.74) is 6.27. The zero-order chi connectivity index (χ0) is 14.8. The summed E-state index contributed by atoms with van der Waals surface area (Å²) >= 11 is 1.39. The van der Waals surface area contributed by atoms with E-state index < -0.39 is 0 Å². The molecule has 0 spiro atoms. The van der Waals surface area contributed by atoms with Crippen molar-refractivity contribution in [1.29, 1.82) is 0 Å². The largest absolute Gasteiger partial charge is 0.420 e. The minimum Gasteiger partial charge on any atom is -0.420 e. The van der Waals surface area contributed by atoms with E-state index in [0.29, 0.717) is 34.2 Å². The van der Waals surface area contributed by atoms with E-state index in [1.165, 1.54) is 23.9 Å². The van der Waals surface area contributed by atoms with Gasteiger partial charge in [-0.25, -0.2) is 4.39 Å². The molecular formula is C12H11FN6OS. The SMILES string of the molecule is Cn1c(N)nnc1SCc1nnc(-c2ccc(F)cc2)o1. The van der Waals surface area contributed by atoms with Gasteiger partial charge in [-0.3, -0.25) is 4.57 Å². The summed E-state index contributed by atoms with van der Waals surface area (Å²) in [6.07, 6.45) is 0. The van der Waals surface area contributed by atoms with Crippen LogP contribution in [0.5, 0.6) is 0 Å². The smallest absolute Gasteiger partial charge is 0.247 e. The van der Waals surface area contributed by atoms with Gasteiger partial charge in [-0.05, 0) is 24.3 Å². The van der Waals surface area contributed by atoms with Crippen molar-refractivity contribution >= 4 is 17.7 Å². The van der Waals surface area contributed by atoms with Crippen molar-refractivity contribution < 1.29 is 8.81 Å². The molecule has 0 unspecified atom stereocenters. The minimum absolute atomic E-state index is 0.311. The maximum Gasteiger partial charge on any atom is 0.247 e. The number of benzene rings is 1. The molecule has 0 amide bonds. The van der Waals surface area contributed by atoms with E-state index in [1.807, 2.05) is 0 Å². The lowest BCUT2D eigenvalue weighted by Crippen LogP contribution is -1.98. The lowest BCUT2D eigenvalue weighted by Gasteiger charge is -1.98. The molecule has 9 heteroatoms. The van der Waals surface area contributed by atoms with Gasteiger partial charge in [-0.2, -0.15) is 0 Å². The summed E-state index contributed by atoms with van der Waals surface area (Å²) in [5.74, 6) is 1.27. The van der Waals surface area contributed by atoms with Crippen molar-refractivity contribution in [2.24, 2.45) is 7.05 Å². The number of hydrogen-bond donors (Lipinski definition) is 1. The molecule has 3 aromatic rings. The Kier molecular flexibility index (Phi) is 3.57. The van der Waals surface area contributed by atoms with E-state index in [2.05, 4.69) is 20.4 Å². The highest BCUT2D eigenvalue weighted by Gasteiger charge is 2.11. The molecule has 21 heavy (non-hydrogen) atoms. The first-order chi connectivity index (χ1) is 10.1. The zero-order valence-electron chi connectivity index (χ0n) is 11.0. The van der Waals surface area contributed by atoms with Crippen molar-refractivity contribution in [1.82, 2.24) is 25.0 Å². The van der Waals surface area contributed by atoms with Crippen molar-refractivity contribution in [3.63, 3.8) is 0 Å². The molecule has 2 aromatic heterocycles. The number of hydrogen-bond acceptors (Lipinski definition) is 7. The van der Waals surface area contributed by atoms with E-state index in [0.717, 1.165) is 0 Å². The van der Waals surface area contributed by atoms with Crippen molar-refractivity contribution in [3.05, 3.63) is 36.0 Å². The minimum atomic E-state index is -0.311. The lowest BCUT2D eigenvalue weighted by molar-refractivity contribution is 0.528. The Labute approximate surface area is 123 Å². The predicted octanol–water partition coefficient (Wildman–Crippen LogP) is 1.88. The van der Waals surface area contributed by atoms with Crippen LogP contribution in [0.2, 0.25) is 0 Å². The average molecular weight is 306 g/mol. The fraction of sp³-hybridized carbons (Fsp3) is 0.167. The molecule has 0 fully saturated rings. The Bertz CT molecular complexity index is 753. The maximum absolute atomic E-state index is 12.9. The Hall–Kier alpha value is -2.42. The van der Waals surface area contributed by atoms with Gasteiger partial charge in [0.2, 0.25) is 17.7 Å². The molecule has 0 saturated carbocycles. The number of anilines is 1. The molecule has 0 atom stereocenters. The van der Waals surface area contributed by atoms with Crippen LogP contribution in [0.1, 0.15) is 5.89 Å². The van der Waals surface area contributed by atoms with Crippen molar-refractivity contribution in [2.45, 2.75) is 10.9 Å². The number of nitrogen functional groups attached to an aromatic ring is 1. The number of halogens is 1. The monoisotopic (exact) mass is 306 g/mol. The van der Waals surface area contributed by atoms with Gasteiger partial charge in [0, 0.05) is 12.6 Å². The van der Waals surface area contributed by atoms with Gasteiger partial charge in [0.15, 0.2) is 5.16 Å². The van der Waals surface area contributed by atoms with Gasteiger partial charge in [-0.15, -0.1) is 20.4 Å². The summed E-state index contributed by atoms with van der Waals surface area (Å²) < 4.78 is 20.1. The van der Waals surface area contributed by atoms with Crippen LogP contribution in [-0.4, -0.2) is 25.0 Å². The van der Waals surface area contributed by atoms with Gasteiger partial charge >= 0.3 is 0 Å². The number of nitrogens with two attached hydrogens (primary N) is 1. The summed E-state index contributed by atoms with van der Waals surface area (Å²) in [6.45, 7) is 0. The Morgan fingerprint density at radius 1 is 1.19 bits per heavy atom. The van der Waals surface area contributed by atoms with Crippen LogP contribution in [0.4, 0.5) is 10.3 Å². The van der Waals surface area contributed by atoms with Crippen LogP contribution in [0, 0.1) is 5.82 Å². The summed E-state index contributed by atoms with van der Waals surface area (Å²) in [6, 6.07) is 5.86. The normalized spacial score (nSPS) is 11.0. The van der Waals surface area contributed by atoms with Gasteiger partial charge < -0.3 is 10.2 Å². The molecule has 0 aliphatic heterocycles. The van der Waals surface area contributed by atoms with Crippen LogP contribution in [0.3, 0.4) is 0 Å². The van der Waals surface area contributed by atoms with Gasteiger partial charge in [0.05, 0.1) is 5.75 Å². The molecule has 2 heterocycles. The second kappa shape index (κ2) is 5.52. The Balaban J connectivity index is 1.70. The molecular weight excluding hydrogens is 295 g/mol. The number of thioether (sulfide) groups is 1. The van der Waals surface area contributed by atoms with Crippen LogP contribution < -0.4 is 5.73 Å². The molecule has 0 aliphatic carbocycles. The number of nitrogens with zero attached hydrogens (tertiary/aromatic N) is 5. The molecule has 0 bridgehead atoms. The molecule has 3 rings (SSSR count). The Morgan fingerprint density at radius 2 is 1.95 bits per heavy atom. The first kappa shape index (κ1) is 13.6. The third-order valence-electron chi connectivity index (χ3n) is 2.75. The van der Waals surface area contributed by atoms with E-state index in [4.69, 9.17) is 10.2 Å². The lowest BCUT2D eigenvalue weighted by atomic mass is 10.2. The quantitative estimate of drug-likeness (QED) is 0.735. The molecule has 0 saturated heterocycles. The second-order valence-corrected chi connectivity index (χ2v) is 5.14. The van der Waals surface area contributed by atoms with E-state index in [9.17, 15) is 4.39 Å². The molecule has 0 aliphatic rings. The highest BCUT2D eigenvalue weighted by Crippen LogP contribution is 2.23. The molecule has 7 nitrogen and oxygen atoms in total. The fourth-order valence-electron chi connectivity index (χ4n) is 1.60. The van der Waals surface area contributed by atoms with Crippen LogP contribution >= 0.6 is 11.8 Å². The highest BCUT2D eigenvalue weighted by atomic mass is 32.2. The molecule has 2 N–H and O–H groups in total. The number of rotatable bonds is 4. The third-order valence-corrected chi connectivity index (χ3v) is 3.76. The van der Waals surface area contributed by atoms with Crippen LogP contribution in [-0.2, 0) is 12.8 Å².